The zero-order valence-corrected chi connectivity index (χ0v) is 9.74. The summed E-state index contributed by atoms with van der Waals surface area (Å²) in [6, 6.07) is 5.97. The smallest absolute Gasteiger partial charge is 0.253 e. The number of amides is 1. The fourth-order valence-corrected chi connectivity index (χ4v) is 1.34. The minimum atomic E-state index is -0.577. The van der Waals surface area contributed by atoms with E-state index in [0.717, 1.165) is 6.07 Å². The van der Waals surface area contributed by atoms with Crippen LogP contribution in [0.1, 0.15) is 16.8 Å². The summed E-state index contributed by atoms with van der Waals surface area (Å²) in [5.41, 5.74) is 0.240. The Morgan fingerprint density at radius 1 is 1.59 bits per heavy atom. The maximum Gasteiger partial charge on any atom is 0.253 e. The van der Waals surface area contributed by atoms with Crippen LogP contribution in [0.2, 0.25) is 0 Å². The van der Waals surface area contributed by atoms with Crippen molar-refractivity contribution in [2.24, 2.45) is 0 Å². The number of carbonyl (C=O) groups excluding carboxylic acids is 1. The Morgan fingerprint density at radius 3 is 2.82 bits per heavy atom. The molecule has 1 rings (SSSR count). The van der Waals surface area contributed by atoms with Crippen LogP contribution >= 0.6 is 0 Å². The van der Waals surface area contributed by atoms with Gasteiger partial charge in [-0.2, -0.15) is 5.26 Å². The highest BCUT2D eigenvalue weighted by molar-refractivity contribution is 5.94. The summed E-state index contributed by atoms with van der Waals surface area (Å²) in [4.78, 5) is 13.2. The Hall–Kier alpha value is -2.09. The summed E-state index contributed by atoms with van der Waals surface area (Å²) >= 11 is 0. The van der Waals surface area contributed by atoms with Crippen LogP contribution in [0.5, 0.6) is 5.75 Å². The lowest BCUT2D eigenvalue weighted by Crippen LogP contribution is -2.27. The monoisotopic (exact) mass is 236 g/mol. The molecule has 0 fully saturated rings. The van der Waals surface area contributed by atoms with Crippen LogP contribution in [0.25, 0.3) is 0 Å². The Balaban J connectivity index is 2.83. The molecule has 0 aliphatic heterocycles. The molecule has 1 aromatic rings. The maximum absolute atomic E-state index is 13.4. The molecule has 4 nitrogen and oxygen atoms in total. The number of benzene rings is 1. The lowest BCUT2D eigenvalue weighted by molar-refractivity contribution is 0.0797. The average molecular weight is 236 g/mol. The van der Waals surface area contributed by atoms with Crippen molar-refractivity contribution in [2.45, 2.75) is 6.42 Å². The van der Waals surface area contributed by atoms with Crippen molar-refractivity contribution in [3.8, 4) is 11.8 Å². The van der Waals surface area contributed by atoms with Gasteiger partial charge >= 0.3 is 0 Å². The first-order chi connectivity index (χ1) is 8.10. The summed E-state index contributed by atoms with van der Waals surface area (Å²) in [5.74, 6) is -0.796. The number of rotatable bonds is 4. The number of carbonyl (C=O) groups is 1. The average Bonchev–Trinajstić information content (AvgIpc) is 2.34. The van der Waals surface area contributed by atoms with E-state index in [9.17, 15) is 9.18 Å². The molecule has 0 saturated carbocycles. The van der Waals surface area contributed by atoms with Crippen LogP contribution in [0.4, 0.5) is 4.39 Å². The zero-order valence-electron chi connectivity index (χ0n) is 9.74. The fraction of sp³-hybridized carbons (Fsp3) is 0.333. The van der Waals surface area contributed by atoms with E-state index < -0.39 is 5.82 Å². The van der Waals surface area contributed by atoms with Crippen molar-refractivity contribution >= 4 is 5.91 Å². The molecule has 90 valence electrons. The standard InChI is InChI=1S/C12H13FN2O2/c1-15(7-3-6-14)12(16)9-4-5-11(17-2)10(13)8-9/h4-5,8H,3,7H2,1-2H3. The van der Waals surface area contributed by atoms with Crippen molar-refractivity contribution in [1.82, 2.24) is 4.90 Å². The van der Waals surface area contributed by atoms with E-state index in [0.29, 0.717) is 6.54 Å². The Bertz CT molecular complexity index is 454. The zero-order chi connectivity index (χ0) is 12.8. The number of nitrogens with zero attached hydrogens (tertiary/aromatic N) is 2. The van der Waals surface area contributed by atoms with E-state index in [-0.39, 0.29) is 23.6 Å². The molecule has 0 unspecified atom stereocenters. The fourth-order valence-electron chi connectivity index (χ4n) is 1.34. The van der Waals surface area contributed by atoms with E-state index in [4.69, 9.17) is 10.00 Å². The molecule has 0 radical (unpaired) electrons. The minimum Gasteiger partial charge on any atom is -0.494 e. The van der Waals surface area contributed by atoms with Crippen molar-refractivity contribution in [2.75, 3.05) is 20.7 Å². The number of hydrogen-bond acceptors (Lipinski definition) is 3. The second-order valence-electron chi connectivity index (χ2n) is 3.48. The maximum atomic E-state index is 13.4. The van der Waals surface area contributed by atoms with Crippen molar-refractivity contribution < 1.29 is 13.9 Å². The van der Waals surface area contributed by atoms with Crippen molar-refractivity contribution in [3.05, 3.63) is 29.6 Å². The number of halogens is 1. The van der Waals surface area contributed by atoms with Crippen LogP contribution < -0.4 is 4.74 Å². The topological polar surface area (TPSA) is 53.3 Å². The summed E-state index contributed by atoms with van der Waals surface area (Å²) in [5, 5.41) is 8.42. The molecule has 0 atom stereocenters. The number of hydrogen-bond donors (Lipinski definition) is 0. The van der Waals surface area contributed by atoms with Gasteiger partial charge in [0.1, 0.15) is 0 Å². The van der Waals surface area contributed by atoms with Crippen LogP contribution in [0.15, 0.2) is 18.2 Å². The molecule has 0 heterocycles. The predicted molar refractivity (Wildman–Crippen MR) is 60.1 cm³/mol. The summed E-state index contributed by atoms with van der Waals surface area (Å²) in [6.07, 6.45) is 0.251. The van der Waals surface area contributed by atoms with Crippen LogP contribution in [0, 0.1) is 17.1 Å². The van der Waals surface area contributed by atoms with Gasteiger partial charge in [0.15, 0.2) is 11.6 Å². The Kier molecular flexibility index (Phi) is 4.46. The number of methoxy groups -OCH3 is 1. The third kappa shape index (κ3) is 3.18. The molecule has 5 heteroatoms. The summed E-state index contributed by atoms with van der Waals surface area (Å²) in [6.45, 7) is 0.322. The molecule has 0 aromatic heterocycles. The van der Waals surface area contributed by atoms with Gasteiger partial charge in [-0.1, -0.05) is 0 Å². The molecule has 0 aliphatic rings. The summed E-state index contributed by atoms with van der Waals surface area (Å²) < 4.78 is 18.1. The number of ether oxygens (including phenoxy) is 1. The largest absolute Gasteiger partial charge is 0.494 e. The third-order valence-electron chi connectivity index (χ3n) is 2.30. The quantitative estimate of drug-likeness (QED) is 0.801. The number of nitriles is 1. The van der Waals surface area contributed by atoms with Gasteiger partial charge < -0.3 is 9.64 Å². The molecule has 1 aromatic carbocycles. The normalized spacial score (nSPS) is 9.53. The first-order valence-electron chi connectivity index (χ1n) is 5.06. The van der Waals surface area contributed by atoms with E-state index in [1.165, 1.54) is 24.1 Å². The van der Waals surface area contributed by atoms with Gasteiger partial charge in [-0.05, 0) is 18.2 Å². The first-order valence-corrected chi connectivity index (χ1v) is 5.06. The molecule has 0 spiro atoms. The van der Waals surface area contributed by atoms with E-state index in [2.05, 4.69) is 0 Å². The third-order valence-corrected chi connectivity index (χ3v) is 2.30. The van der Waals surface area contributed by atoms with Gasteiger partial charge in [-0.3, -0.25) is 4.79 Å². The molecule has 0 aliphatic carbocycles. The van der Waals surface area contributed by atoms with Gasteiger partial charge in [0.2, 0.25) is 0 Å². The molecule has 0 saturated heterocycles. The molecule has 17 heavy (non-hydrogen) atoms. The van der Waals surface area contributed by atoms with Gasteiger partial charge in [0.25, 0.3) is 5.91 Å². The highest BCUT2D eigenvalue weighted by Crippen LogP contribution is 2.18. The highest BCUT2D eigenvalue weighted by Gasteiger charge is 2.13. The van der Waals surface area contributed by atoms with Gasteiger partial charge in [-0.15, -0.1) is 0 Å². The molecular formula is C12H13FN2O2. The van der Waals surface area contributed by atoms with Crippen LogP contribution in [-0.2, 0) is 0 Å². The van der Waals surface area contributed by atoms with Gasteiger partial charge in [-0.25, -0.2) is 4.39 Å². The lowest BCUT2D eigenvalue weighted by atomic mass is 10.2. The van der Waals surface area contributed by atoms with Gasteiger partial charge in [0.05, 0.1) is 19.6 Å². The van der Waals surface area contributed by atoms with Crippen molar-refractivity contribution in [1.29, 1.82) is 5.26 Å². The lowest BCUT2D eigenvalue weighted by Gasteiger charge is -2.15. The van der Waals surface area contributed by atoms with E-state index in [1.54, 1.807) is 7.05 Å². The minimum absolute atomic E-state index is 0.0984. The van der Waals surface area contributed by atoms with E-state index >= 15 is 0 Å². The SMILES string of the molecule is COc1ccc(C(=O)N(C)CCC#N)cc1F. The van der Waals surface area contributed by atoms with Crippen LogP contribution in [-0.4, -0.2) is 31.5 Å². The Morgan fingerprint density at radius 2 is 2.29 bits per heavy atom. The second kappa shape index (κ2) is 5.85. The molecule has 0 bridgehead atoms. The highest BCUT2D eigenvalue weighted by atomic mass is 19.1. The van der Waals surface area contributed by atoms with Gasteiger partial charge in [0, 0.05) is 19.2 Å². The molecule has 1 amide bonds. The first kappa shape index (κ1) is 13.0. The summed E-state index contributed by atoms with van der Waals surface area (Å²) in [7, 11) is 2.93. The van der Waals surface area contributed by atoms with E-state index in [1.807, 2.05) is 6.07 Å². The molecular weight excluding hydrogens is 223 g/mol. The second-order valence-corrected chi connectivity index (χ2v) is 3.48. The Labute approximate surface area is 99.2 Å². The van der Waals surface area contributed by atoms with Crippen LogP contribution in [0.3, 0.4) is 0 Å². The predicted octanol–water partition coefficient (Wildman–Crippen LogP) is 1.82. The molecule has 0 N–H and O–H groups in total. The van der Waals surface area contributed by atoms with Crippen molar-refractivity contribution in [3.63, 3.8) is 0 Å².